The van der Waals surface area contributed by atoms with Crippen LogP contribution in [0.1, 0.15) is 11.4 Å². The lowest BCUT2D eigenvalue weighted by atomic mass is 10.2. The van der Waals surface area contributed by atoms with Crippen molar-refractivity contribution in [2.45, 2.75) is 0 Å². The molecular weight excluding hydrogens is 518 g/mol. The molecule has 0 saturated carbocycles. The summed E-state index contributed by atoms with van der Waals surface area (Å²) in [6, 6.07) is 30.6. The Kier molecular flexibility index (Phi) is 5.24. The summed E-state index contributed by atoms with van der Waals surface area (Å²) >= 11 is 0. The maximum absolute atomic E-state index is 13.6. The van der Waals surface area contributed by atoms with Crippen LogP contribution < -0.4 is 11.1 Å². The van der Waals surface area contributed by atoms with Gasteiger partial charge in [0, 0.05) is 11.4 Å². The standard InChI is InChI=1S/C30H15N9O2/c31-16-21-22(17-32)34-26-25(33-21)37(18-10-4-1-5-11-18)27-28(38(26)19-12-6-2-7-13-19)36-24-23(35-27)29(40)39(30(24)41)20-14-8-3-9-15-20/h1-15H. The lowest BCUT2D eigenvalue weighted by molar-refractivity contribution is 0.981. The highest BCUT2D eigenvalue weighted by atomic mass is 16.2. The van der Waals surface area contributed by atoms with Crippen LogP contribution >= 0.6 is 0 Å². The van der Waals surface area contributed by atoms with Crippen LogP contribution in [0.25, 0.3) is 50.7 Å². The molecule has 4 aromatic heterocycles. The van der Waals surface area contributed by atoms with Gasteiger partial charge in [0.05, 0.1) is 5.69 Å². The van der Waals surface area contributed by atoms with Crippen molar-refractivity contribution in [3.8, 4) is 29.2 Å². The molecule has 0 unspecified atom stereocenters. The van der Waals surface area contributed by atoms with E-state index in [1.165, 1.54) is 0 Å². The van der Waals surface area contributed by atoms with E-state index in [-0.39, 0.29) is 45.0 Å². The molecule has 0 aliphatic heterocycles. The summed E-state index contributed by atoms with van der Waals surface area (Å²) in [6.07, 6.45) is 0. The molecule has 0 fully saturated rings. The molecule has 3 aromatic carbocycles. The number of benzene rings is 3. The number of rotatable bonds is 3. The van der Waals surface area contributed by atoms with Crippen LogP contribution in [0.5, 0.6) is 0 Å². The van der Waals surface area contributed by atoms with Gasteiger partial charge in [-0.3, -0.25) is 18.7 Å². The van der Waals surface area contributed by atoms with Crippen molar-refractivity contribution in [2.24, 2.45) is 0 Å². The molecule has 7 rings (SSSR count). The number of nitriles is 2. The van der Waals surface area contributed by atoms with Gasteiger partial charge in [-0.25, -0.2) is 24.5 Å². The number of fused-ring (bicyclic) bond motifs is 3. The molecule has 0 atom stereocenters. The summed E-state index contributed by atoms with van der Waals surface area (Å²) in [5, 5.41) is 19.5. The Morgan fingerprint density at radius 1 is 0.463 bits per heavy atom. The Balaban J connectivity index is 1.76. The van der Waals surface area contributed by atoms with E-state index in [2.05, 4.69) is 9.97 Å². The van der Waals surface area contributed by atoms with Crippen molar-refractivity contribution in [3.05, 3.63) is 123 Å². The van der Waals surface area contributed by atoms with Crippen LogP contribution in [0.4, 0.5) is 0 Å². The summed E-state index contributed by atoms with van der Waals surface area (Å²) in [5.74, 6) is 0. The Bertz CT molecular complexity index is 2220. The second-order valence-corrected chi connectivity index (χ2v) is 8.98. The largest absolute Gasteiger partial charge is 0.286 e. The van der Waals surface area contributed by atoms with Gasteiger partial charge in [0.25, 0.3) is 11.1 Å². The van der Waals surface area contributed by atoms with Crippen LogP contribution in [0.3, 0.4) is 0 Å². The van der Waals surface area contributed by atoms with Gasteiger partial charge in [-0.1, -0.05) is 54.6 Å². The van der Waals surface area contributed by atoms with Crippen molar-refractivity contribution in [1.82, 2.24) is 33.6 Å². The van der Waals surface area contributed by atoms with E-state index in [4.69, 9.17) is 9.97 Å². The Labute approximate surface area is 230 Å². The maximum Gasteiger partial charge on any atom is 0.286 e. The van der Waals surface area contributed by atoms with Crippen molar-refractivity contribution in [2.75, 3.05) is 0 Å². The molecule has 11 heteroatoms. The van der Waals surface area contributed by atoms with Crippen LogP contribution in [-0.2, 0) is 0 Å². The van der Waals surface area contributed by atoms with E-state index in [1.54, 1.807) is 63.7 Å². The number of para-hydroxylation sites is 3. The summed E-state index contributed by atoms with van der Waals surface area (Å²) in [7, 11) is 0. The summed E-state index contributed by atoms with van der Waals surface area (Å²) in [5.41, 5.74) is 0.601. The molecule has 0 aliphatic rings. The molecule has 0 amide bonds. The molecule has 0 bridgehead atoms. The SMILES string of the molecule is N#Cc1nc2c(nc1C#N)n(-c1ccccc1)c1nc3c(=O)n(-c4ccccc4)c(=O)c3nc1n2-c1ccccc1. The maximum atomic E-state index is 13.6. The molecular formula is C30H15N9O2. The number of hydrogen-bond donors (Lipinski definition) is 0. The predicted molar refractivity (Wildman–Crippen MR) is 150 cm³/mol. The minimum atomic E-state index is -0.611. The number of aromatic nitrogens is 7. The van der Waals surface area contributed by atoms with E-state index < -0.39 is 11.1 Å². The molecule has 0 aliphatic carbocycles. The van der Waals surface area contributed by atoms with Gasteiger partial charge in [-0.15, -0.1) is 0 Å². The highest BCUT2D eigenvalue weighted by molar-refractivity contribution is 5.90. The van der Waals surface area contributed by atoms with E-state index in [9.17, 15) is 20.1 Å². The van der Waals surface area contributed by atoms with Gasteiger partial charge in [-0.05, 0) is 36.4 Å². The zero-order chi connectivity index (χ0) is 28.1. The molecule has 41 heavy (non-hydrogen) atoms. The van der Waals surface area contributed by atoms with Crippen molar-refractivity contribution >= 4 is 33.6 Å². The van der Waals surface area contributed by atoms with Gasteiger partial charge < -0.3 is 0 Å². The van der Waals surface area contributed by atoms with Gasteiger partial charge in [0.2, 0.25) is 0 Å². The zero-order valence-electron chi connectivity index (χ0n) is 21.0. The molecule has 0 radical (unpaired) electrons. The van der Waals surface area contributed by atoms with Crippen LogP contribution in [-0.4, -0.2) is 33.6 Å². The summed E-state index contributed by atoms with van der Waals surface area (Å²) < 4.78 is 4.28. The highest BCUT2D eigenvalue weighted by Crippen LogP contribution is 2.28. The minimum absolute atomic E-state index is 0.114. The predicted octanol–water partition coefficient (Wildman–Crippen LogP) is 3.56. The Morgan fingerprint density at radius 3 is 1.12 bits per heavy atom. The van der Waals surface area contributed by atoms with Gasteiger partial charge in [-0.2, -0.15) is 10.5 Å². The van der Waals surface area contributed by atoms with E-state index in [0.29, 0.717) is 17.1 Å². The Morgan fingerprint density at radius 2 is 0.780 bits per heavy atom. The Hall–Kier alpha value is -6.46. The average molecular weight is 534 g/mol. The summed E-state index contributed by atoms with van der Waals surface area (Å²) in [4.78, 5) is 45.7. The lowest BCUT2D eigenvalue weighted by Gasteiger charge is -2.19. The minimum Gasteiger partial charge on any atom is -0.273 e. The van der Waals surface area contributed by atoms with E-state index in [0.717, 1.165) is 4.57 Å². The summed E-state index contributed by atoms with van der Waals surface area (Å²) in [6.45, 7) is 0. The van der Waals surface area contributed by atoms with Crippen molar-refractivity contribution in [1.29, 1.82) is 10.5 Å². The second kappa shape index (κ2) is 9.08. The number of nitrogens with zero attached hydrogens (tertiary/aromatic N) is 9. The van der Waals surface area contributed by atoms with Crippen LogP contribution in [0.15, 0.2) is 101 Å². The van der Waals surface area contributed by atoms with Crippen molar-refractivity contribution in [3.63, 3.8) is 0 Å². The zero-order valence-corrected chi connectivity index (χ0v) is 21.0. The molecule has 4 heterocycles. The van der Waals surface area contributed by atoms with Gasteiger partial charge in [0.1, 0.15) is 12.1 Å². The molecule has 11 nitrogen and oxygen atoms in total. The topological polar surface area (TPSA) is 148 Å². The third kappa shape index (κ3) is 3.51. The van der Waals surface area contributed by atoms with E-state index in [1.807, 2.05) is 48.5 Å². The fraction of sp³-hybridized carbons (Fsp3) is 0. The second-order valence-electron chi connectivity index (χ2n) is 8.98. The fourth-order valence-electron chi connectivity index (χ4n) is 4.85. The lowest BCUT2D eigenvalue weighted by Crippen LogP contribution is -2.23. The normalized spacial score (nSPS) is 11.1. The van der Waals surface area contributed by atoms with Gasteiger partial charge in [0.15, 0.2) is 45.0 Å². The quantitative estimate of drug-likeness (QED) is 0.313. The third-order valence-electron chi connectivity index (χ3n) is 6.63. The monoisotopic (exact) mass is 533 g/mol. The molecule has 0 spiro atoms. The number of hydrogen-bond acceptors (Lipinski definition) is 8. The molecule has 0 saturated heterocycles. The first-order chi connectivity index (χ1) is 20.1. The molecule has 192 valence electrons. The smallest absolute Gasteiger partial charge is 0.273 e. The highest BCUT2D eigenvalue weighted by Gasteiger charge is 2.25. The molecule has 7 aromatic rings. The first-order valence-electron chi connectivity index (χ1n) is 12.4. The van der Waals surface area contributed by atoms with Crippen LogP contribution in [0, 0.1) is 22.7 Å². The van der Waals surface area contributed by atoms with Crippen molar-refractivity contribution < 1.29 is 0 Å². The fourth-order valence-corrected chi connectivity index (χ4v) is 4.85. The van der Waals surface area contributed by atoms with E-state index >= 15 is 0 Å². The van der Waals surface area contributed by atoms with Gasteiger partial charge >= 0.3 is 0 Å². The first-order valence-corrected chi connectivity index (χ1v) is 12.4. The third-order valence-corrected chi connectivity index (χ3v) is 6.63. The van der Waals surface area contributed by atoms with Crippen LogP contribution in [0.2, 0.25) is 0 Å². The average Bonchev–Trinajstić information content (AvgIpc) is 3.27. The first kappa shape index (κ1) is 23.6. The molecule has 0 N–H and O–H groups in total.